The first-order chi connectivity index (χ1) is 8.88. The Bertz CT molecular complexity index is 290. The Hall–Kier alpha value is -1.30. The number of carboxylic acids is 1. The van der Waals surface area contributed by atoms with Crippen molar-refractivity contribution in [2.75, 3.05) is 13.2 Å². The van der Waals surface area contributed by atoms with E-state index in [1.165, 1.54) is 4.90 Å². The van der Waals surface area contributed by atoms with Gasteiger partial charge in [-0.05, 0) is 18.8 Å². The molecule has 112 valence electrons. The van der Waals surface area contributed by atoms with Gasteiger partial charge in [-0.2, -0.15) is 0 Å². The van der Waals surface area contributed by atoms with Crippen LogP contribution in [0.15, 0.2) is 0 Å². The van der Waals surface area contributed by atoms with E-state index < -0.39 is 18.0 Å². The van der Waals surface area contributed by atoms with Crippen molar-refractivity contribution in [3.05, 3.63) is 0 Å². The molecule has 0 aliphatic heterocycles. The zero-order valence-corrected chi connectivity index (χ0v) is 12.2. The summed E-state index contributed by atoms with van der Waals surface area (Å²) in [6.07, 6.45) is 1.53. The number of aliphatic hydroxyl groups excluding tert-OH is 1. The highest BCUT2D eigenvalue weighted by molar-refractivity contribution is 5.82. The van der Waals surface area contributed by atoms with Crippen molar-refractivity contribution < 1.29 is 19.8 Å². The number of hydrogen-bond donors (Lipinski definition) is 3. The van der Waals surface area contributed by atoms with Crippen LogP contribution in [-0.2, 0) is 4.79 Å². The van der Waals surface area contributed by atoms with Gasteiger partial charge in [0.15, 0.2) is 0 Å². The molecule has 0 aliphatic rings. The molecule has 3 N–H and O–H groups in total. The summed E-state index contributed by atoms with van der Waals surface area (Å²) in [5.74, 6) is -1.24. The molecule has 0 fully saturated rings. The molecule has 0 bridgehead atoms. The van der Waals surface area contributed by atoms with Gasteiger partial charge in [-0.3, -0.25) is 0 Å². The van der Waals surface area contributed by atoms with Crippen LogP contribution < -0.4 is 5.32 Å². The second-order valence-corrected chi connectivity index (χ2v) is 4.90. The molecule has 6 nitrogen and oxygen atoms in total. The predicted molar refractivity (Wildman–Crippen MR) is 73.0 cm³/mol. The van der Waals surface area contributed by atoms with E-state index in [0.717, 1.165) is 12.8 Å². The van der Waals surface area contributed by atoms with Gasteiger partial charge in [0, 0.05) is 12.6 Å². The Morgan fingerprint density at radius 3 is 2.05 bits per heavy atom. The van der Waals surface area contributed by atoms with Crippen molar-refractivity contribution in [2.45, 2.75) is 52.6 Å². The smallest absolute Gasteiger partial charge is 0.326 e. The zero-order valence-electron chi connectivity index (χ0n) is 12.2. The standard InChI is InChI=1S/C13H26N2O4/c1-5-10(6-2)15(7-8-16)13(19)14-11(9(3)4)12(17)18/h9-11,16H,5-8H2,1-4H3,(H,14,19)(H,17,18). The fraction of sp³-hybridized carbons (Fsp3) is 0.846. The first-order valence-corrected chi connectivity index (χ1v) is 6.79. The number of hydrogen-bond acceptors (Lipinski definition) is 3. The number of carboxylic acid groups (broad SMARTS) is 1. The first kappa shape index (κ1) is 17.7. The molecule has 0 heterocycles. The first-order valence-electron chi connectivity index (χ1n) is 6.79. The largest absolute Gasteiger partial charge is 0.480 e. The molecule has 0 aromatic carbocycles. The molecule has 0 radical (unpaired) electrons. The lowest BCUT2D eigenvalue weighted by Gasteiger charge is -2.31. The Morgan fingerprint density at radius 2 is 1.74 bits per heavy atom. The summed E-state index contributed by atoms with van der Waals surface area (Å²) in [5.41, 5.74) is 0. The third-order valence-corrected chi connectivity index (χ3v) is 3.20. The maximum Gasteiger partial charge on any atom is 0.326 e. The van der Waals surface area contributed by atoms with E-state index in [2.05, 4.69) is 5.32 Å². The maximum atomic E-state index is 12.2. The molecule has 0 aromatic rings. The van der Waals surface area contributed by atoms with Gasteiger partial charge >= 0.3 is 12.0 Å². The molecular weight excluding hydrogens is 248 g/mol. The molecule has 0 saturated heterocycles. The van der Waals surface area contributed by atoms with Gasteiger partial charge in [0.25, 0.3) is 0 Å². The lowest BCUT2D eigenvalue weighted by molar-refractivity contribution is -0.140. The minimum atomic E-state index is -1.04. The molecule has 0 aromatic heterocycles. The van der Waals surface area contributed by atoms with Gasteiger partial charge in [-0.1, -0.05) is 27.7 Å². The molecule has 19 heavy (non-hydrogen) atoms. The number of nitrogens with one attached hydrogen (secondary N) is 1. The number of nitrogens with zero attached hydrogens (tertiary/aromatic N) is 1. The van der Waals surface area contributed by atoms with E-state index in [1.54, 1.807) is 13.8 Å². The summed E-state index contributed by atoms with van der Waals surface area (Å²) >= 11 is 0. The van der Waals surface area contributed by atoms with Crippen LogP contribution >= 0.6 is 0 Å². The maximum absolute atomic E-state index is 12.2. The molecule has 1 atom stereocenters. The van der Waals surface area contributed by atoms with Gasteiger partial charge < -0.3 is 20.4 Å². The van der Waals surface area contributed by atoms with Crippen molar-refractivity contribution >= 4 is 12.0 Å². The zero-order chi connectivity index (χ0) is 15.0. The quantitative estimate of drug-likeness (QED) is 0.622. The van der Waals surface area contributed by atoms with Crippen LogP contribution in [0.25, 0.3) is 0 Å². The van der Waals surface area contributed by atoms with E-state index in [-0.39, 0.29) is 25.1 Å². The Labute approximate surface area is 114 Å². The molecule has 0 saturated carbocycles. The summed E-state index contributed by atoms with van der Waals surface area (Å²) in [4.78, 5) is 24.7. The molecule has 0 spiro atoms. The fourth-order valence-electron chi connectivity index (χ4n) is 2.02. The van der Waals surface area contributed by atoms with Gasteiger partial charge in [-0.25, -0.2) is 9.59 Å². The van der Waals surface area contributed by atoms with Crippen LogP contribution in [0, 0.1) is 5.92 Å². The number of carbonyl (C=O) groups excluding carboxylic acids is 1. The molecule has 1 unspecified atom stereocenters. The van der Waals surface area contributed by atoms with Crippen molar-refractivity contribution in [3.63, 3.8) is 0 Å². The van der Waals surface area contributed by atoms with Gasteiger partial charge in [0.2, 0.25) is 0 Å². The number of rotatable bonds is 8. The number of amides is 2. The fourth-order valence-corrected chi connectivity index (χ4v) is 2.02. The van der Waals surface area contributed by atoms with Crippen molar-refractivity contribution in [1.82, 2.24) is 10.2 Å². The molecule has 6 heteroatoms. The lowest BCUT2D eigenvalue weighted by Crippen LogP contribution is -2.53. The van der Waals surface area contributed by atoms with E-state index >= 15 is 0 Å². The molecular formula is C13H26N2O4. The molecule has 0 aliphatic carbocycles. The van der Waals surface area contributed by atoms with Crippen LogP contribution in [0.1, 0.15) is 40.5 Å². The molecule has 2 amide bonds. The summed E-state index contributed by atoms with van der Waals surface area (Å²) in [6.45, 7) is 7.48. The van der Waals surface area contributed by atoms with Crippen molar-refractivity contribution in [2.24, 2.45) is 5.92 Å². The summed E-state index contributed by atoms with van der Waals surface area (Å²) in [6, 6.07) is -1.33. The number of aliphatic hydroxyl groups is 1. The Kier molecular flexibility index (Phi) is 8.14. The minimum absolute atomic E-state index is 0.00811. The number of carbonyl (C=O) groups is 2. The normalized spacial score (nSPS) is 12.6. The summed E-state index contributed by atoms with van der Waals surface area (Å²) < 4.78 is 0. The third kappa shape index (κ3) is 5.46. The van der Waals surface area contributed by atoms with E-state index in [4.69, 9.17) is 10.2 Å². The third-order valence-electron chi connectivity index (χ3n) is 3.20. The average Bonchev–Trinajstić information content (AvgIpc) is 2.35. The van der Waals surface area contributed by atoms with Crippen LogP contribution in [0.5, 0.6) is 0 Å². The van der Waals surface area contributed by atoms with Crippen molar-refractivity contribution in [3.8, 4) is 0 Å². The highest BCUT2D eigenvalue weighted by atomic mass is 16.4. The van der Waals surface area contributed by atoms with Crippen LogP contribution in [-0.4, -0.2) is 52.3 Å². The van der Waals surface area contributed by atoms with E-state index in [9.17, 15) is 9.59 Å². The SMILES string of the molecule is CCC(CC)N(CCO)C(=O)NC(C(=O)O)C(C)C. The second-order valence-electron chi connectivity index (χ2n) is 4.90. The van der Waals surface area contributed by atoms with Crippen LogP contribution in [0.4, 0.5) is 4.79 Å². The van der Waals surface area contributed by atoms with Crippen molar-refractivity contribution in [1.29, 1.82) is 0 Å². The lowest BCUT2D eigenvalue weighted by atomic mass is 10.0. The van der Waals surface area contributed by atoms with Gasteiger partial charge in [-0.15, -0.1) is 0 Å². The van der Waals surface area contributed by atoms with E-state index in [1.807, 2.05) is 13.8 Å². The molecule has 0 rings (SSSR count). The van der Waals surface area contributed by atoms with Gasteiger partial charge in [0.05, 0.1) is 6.61 Å². The van der Waals surface area contributed by atoms with Gasteiger partial charge in [0.1, 0.15) is 6.04 Å². The average molecular weight is 274 g/mol. The Morgan fingerprint density at radius 1 is 1.21 bits per heavy atom. The van der Waals surface area contributed by atoms with E-state index in [0.29, 0.717) is 0 Å². The highest BCUT2D eigenvalue weighted by Crippen LogP contribution is 2.10. The topological polar surface area (TPSA) is 89.9 Å². The van der Waals surface area contributed by atoms with Crippen LogP contribution in [0.2, 0.25) is 0 Å². The number of aliphatic carboxylic acids is 1. The highest BCUT2D eigenvalue weighted by Gasteiger charge is 2.28. The monoisotopic (exact) mass is 274 g/mol. The van der Waals surface area contributed by atoms with Crippen LogP contribution in [0.3, 0.4) is 0 Å². The summed E-state index contributed by atoms with van der Waals surface area (Å²) in [7, 11) is 0. The minimum Gasteiger partial charge on any atom is -0.480 e. The Balaban J connectivity index is 4.84. The second kappa shape index (κ2) is 8.74. The predicted octanol–water partition coefficient (Wildman–Crippen LogP) is 1.29. The summed E-state index contributed by atoms with van der Waals surface area (Å²) in [5, 5.41) is 20.6. The number of urea groups is 1.